The Morgan fingerprint density at radius 1 is 1.17 bits per heavy atom. The zero-order valence-electron chi connectivity index (χ0n) is 10.9. The average molecular weight is 252 g/mol. The van der Waals surface area contributed by atoms with Crippen molar-refractivity contribution in [1.29, 1.82) is 0 Å². The molecular weight excluding hydrogens is 232 g/mol. The summed E-state index contributed by atoms with van der Waals surface area (Å²) in [6.07, 6.45) is -2.19. The molecule has 1 fully saturated rings. The van der Waals surface area contributed by atoms with Gasteiger partial charge in [-0.3, -0.25) is 4.79 Å². The van der Waals surface area contributed by atoms with Gasteiger partial charge in [-0.2, -0.15) is 0 Å². The molecule has 0 aromatic carbocycles. The molecule has 0 aromatic heterocycles. The lowest BCUT2D eigenvalue weighted by molar-refractivity contribution is -0.133. The van der Waals surface area contributed by atoms with E-state index in [1.54, 1.807) is 6.92 Å². The molecule has 1 saturated carbocycles. The van der Waals surface area contributed by atoms with Gasteiger partial charge in [0.05, 0.1) is 12.2 Å². The molecule has 4 nitrogen and oxygen atoms in total. The first kappa shape index (κ1) is 12.3. The maximum Gasteiger partial charge on any atom is 0.190 e. The molecule has 0 spiro atoms. The number of ketones is 1. The van der Waals surface area contributed by atoms with E-state index in [9.17, 15) is 20.1 Å². The second-order valence-corrected chi connectivity index (χ2v) is 6.73. The van der Waals surface area contributed by atoms with Crippen LogP contribution in [-0.4, -0.2) is 39.4 Å². The molecule has 0 saturated heterocycles. The second-order valence-electron chi connectivity index (χ2n) is 6.73. The molecule has 0 aromatic rings. The van der Waals surface area contributed by atoms with E-state index in [1.165, 1.54) is 0 Å². The first-order valence-electron chi connectivity index (χ1n) is 6.59. The van der Waals surface area contributed by atoms with Crippen molar-refractivity contribution in [2.24, 2.45) is 23.2 Å². The van der Waals surface area contributed by atoms with Crippen LogP contribution < -0.4 is 0 Å². The number of aliphatic hydroxyl groups is 3. The predicted octanol–water partition coefficient (Wildman–Crippen LogP) is 0.260. The fourth-order valence-corrected chi connectivity index (χ4v) is 4.32. The van der Waals surface area contributed by atoms with Gasteiger partial charge in [0.15, 0.2) is 5.78 Å². The van der Waals surface area contributed by atoms with E-state index in [0.717, 1.165) is 6.42 Å². The molecule has 6 unspecified atom stereocenters. The number of hydrogen-bond donors (Lipinski definition) is 3. The van der Waals surface area contributed by atoms with Crippen LogP contribution in [-0.2, 0) is 4.79 Å². The molecule has 3 N–H and O–H groups in total. The quantitative estimate of drug-likeness (QED) is 0.578. The van der Waals surface area contributed by atoms with Crippen LogP contribution in [0.25, 0.3) is 0 Å². The van der Waals surface area contributed by atoms with Crippen LogP contribution in [0.2, 0.25) is 0 Å². The number of carbonyl (C=O) groups excluding carboxylic acids is 1. The second kappa shape index (κ2) is 3.44. The van der Waals surface area contributed by atoms with Crippen LogP contribution >= 0.6 is 0 Å². The van der Waals surface area contributed by atoms with Gasteiger partial charge >= 0.3 is 0 Å². The summed E-state index contributed by atoms with van der Waals surface area (Å²) in [5, 5.41) is 30.1. The first-order chi connectivity index (χ1) is 8.27. The highest BCUT2D eigenvalue weighted by molar-refractivity contribution is 6.02. The van der Waals surface area contributed by atoms with E-state index in [4.69, 9.17) is 0 Å². The topological polar surface area (TPSA) is 77.8 Å². The van der Waals surface area contributed by atoms with E-state index in [-0.39, 0.29) is 29.0 Å². The zero-order chi connectivity index (χ0) is 13.4. The number of rotatable bonds is 0. The minimum absolute atomic E-state index is 0.0251. The highest BCUT2D eigenvalue weighted by Crippen LogP contribution is 2.62. The van der Waals surface area contributed by atoms with Gasteiger partial charge in [-0.15, -0.1) is 0 Å². The Morgan fingerprint density at radius 2 is 1.78 bits per heavy atom. The molecule has 3 aliphatic carbocycles. The number of carbonyl (C=O) groups is 1. The Morgan fingerprint density at radius 3 is 2.33 bits per heavy atom. The summed E-state index contributed by atoms with van der Waals surface area (Å²) in [5.74, 6) is -0.588. The number of fused-ring (bicyclic) bond motifs is 2. The molecular formula is C14H20O4. The van der Waals surface area contributed by atoms with Crippen molar-refractivity contribution in [2.75, 3.05) is 0 Å². The summed E-state index contributed by atoms with van der Waals surface area (Å²) in [7, 11) is 0. The molecule has 18 heavy (non-hydrogen) atoms. The lowest BCUT2D eigenvalue weighted by Gasteiger charge is -2.50. The fourth-order valence-electron chi connectivity index (χ4n) is 4.32. The van der Waals surface area contributed by atoms with Crippen molar-refractivity contribution in [3.05, 3.63) is 11.1 Å². The van der Waals surface area contributed by atoms with Crippen LogP contribution in [0.5, 0.6) is 0 Å². The third-order valence-corrected chi connectivity index (χ3v) is 5.28. The highest BCUT2D eigenvalue weighted by atomic mass is 16.3. The van der Waals surface area contributed by atoms with Crippen LogP contribution in [0, 0.1) is 23.2 Å². The molecule has 6 atom stereocenters. The normalized spacial score (nSPS) is 49.8. The van der Waals surface area contributed by atoms with Gasteiger partial charge in [0.2, 0.25) is 0 Å². The van der Waals surface area contributed by atoms with Crippen LogP contribution in [0.15, 0.2) is 11.1 Å². The number of Topliss-reactive ketones (excluding diaryl/α,β-unsaturated/α-hetero) is 1. The smallest absolute Gasteiger partial charge is 0.190 e. The standard InChI is InChI=1S/C14H20O4/c1-5-7-8(12(17)13(18)10(5)15)6-4-14(2,3)9(6)11(7)16/h5-6,9-11,13,15-16,18H,4H2,1-3H3. The third kappa shape index (κ3) is 1.23. The van der Waals surface area contributed by atoms with Crippen LogP contribution in [0.4, 0.5) is 0 Å². The summed E-state index contributed by atoms with van der Waals surface area (Å²) in [5.41, 5.74) is 1.31. The van der Waals surface area contributed by atoms with Gasteiger partial charge in [-0.1, -0.05) is 20.8 Å². The van der Waals surface area contributed by atoms with E-state index in [1.807, 2.05) is 0 Å². The van der Waals surface area contributed by atoms with E-state index in [2.05, 4.69) is 13.8 Å². The maximum atomic E-state index is 12.1. The van der Waals surface area contributed by atoms with Crippen molar-refractivity contribution in [1.82, 2.24) is 0 Å². The molecule has 3 aliphatic rings. The Bertz CT molecular complexity index is 451. The third-order valence-electron chi connectivity index (χ3n) is 5.28. The van der Waals surface area contributed by atoms with Gasteiger partial charge in [0.1, 0.15) is 6.10 Å². The van der Waals surface area contributed by atoms with E-state index >= 15 is 0 Å². The first-order valence-corrected chi connectivity index (χ1v) is 6.59. The summed E-state index contributed by atoms with van der Waals surface area (Å²) in [6, 6.07) is 0. The number of hydrogen-bond acceptors (Lipinski definition) is 4. The SMILES string of the molecule is CC1C2=C(C(=O)C(O)C1O)C1CC(C)(C)C1C2O. The van der Waals surface area contributed by atoms with Crippen molar-refractivity contribution < 1.29 is 20.1 Å². The molecule has 0 radical (unpaired) electrons. The summed E-state index contributed by atoms with van der Waals surface area (Å²) in [4.78, 5) is 12.1. The summed E-state index contributed by atoms with van der Waals surface area (Å²) >= 11 is 0. The largest absolute Gasteiger partial charge is 0.389 e. The minimum Gasteiger partial charge on any atom is -0.389 e. The molecule has 0 amide bonds. The van der Waals surface area contributed by atoms with Gasteiger partial charge in [-0.25, -0.2) is 0 Å². The maximum absolute atomic E-state index is 12.1. The monoisotopic (exact) mass is 252 g/mol. The minimum atomic E-state index is -1.33. The average Bonchev–Trinajstić information content (AvgIpc) is 2.52. The summed E-state index contributed by atoms with van der Waals surface area (Å²) in [6.45, 7) is 5.96. The van der Waals surface area contributed by atoms with Gasteiger partial charge < -0.3 is 15.3 Å². The molecule has 3 rings (SSSR count). The van der Waals surface area contributed by atoms with Crippen molar-refractivity contribution in [2.45, 2.75) is 45.5 Å². The number of aliphatic hydroxyl groups excluding tert-OH is 3. The molecule has 100 valence electrons. The van der Waals surface area contributed by atoms with Crippen molar-refractivity contribution >= 4 is 5.78 Å². The lowest BCUT2D eigenvalue weighted by Crippen LogP contribution is -2.48. The fraction of sp³-hybridized carbons (Fsp3) is 0.786. The van der Waals surface area contributed by atoms with Gasteiger partial charge in [0.25, 0.3) is 0 Å². The highest BCUT2D eigenvalue weighted by Gasteiger charge is 2.62. The van der Waals surface area contributed by atoms with Gasteiger partial charge in [0, 0.05) is 17.4 Å². The molecule has 0 aliphatic heterocycles. The van der Waals surface area contributed by atoms with Crippen LogP contribution in [0.3, 0.4) is 0 Å². The Balaban J connectivity index is 2.06. The lowest BCUT2D eigenvalue weighted by atomic mass is 9.54. The Kier molecular flexibility index (Phi) is 2.35. The Hall–Kier alpha value is -0.710. The molecule has 0 bridgehead atoms. The Labute approximate surface area is 106 Å². The predicted molar refractivity (Wildman–Crippen MR) is 64.6 cm³/mol. The molecule has 0 heterocycles. The van der Waals surface area contributed by atoms with Gasteiger partial charge in [-0.05, 0) is 23.3 Å². The van der Waals surface area contributed by atoms with E-state index < -0.39 is 18.3 Å². The van der Waals surface area contributed by atoms with Crippen molar-refractivity contribution in [3.8, 4) is 0 Å². The van der Waals surface area contributed by atoms with E-state index in [0.29, 0.717) is 11.1 Å². The summed E-state index contributed by atoms with van der Waals surface area (Å²) < 4.78 is 0. The zero-order valence-corrected chi connectivity index (χ0v) is 10.9. The van der Waals surface area contributed by atoms with Crippen molar-refractivity contribution in [3.63, 3.8) is 0 Å². The molecule has 4 heteroatoms. The van der Waals surface area contributed by atoms with Crippen LogP contribution in [0.1, 0.15) is 27.2 Å².